The monoisotopic (exact) mass is 255 g/mol. The molecule has 0 bridgehead atoms. The molecule has 0 spiro atoms. The minimum atomic E-state index is -0.726. The molecule has 0 aromatic rings. The third-order valence-electron chi connectivity index (χ3n) is 4.13. The third-order valence-corrected chi connectivity index (χ3v) is 4.13. The van der Waals surface area contributed by atoms with E-state index in [0.29, 0.717) is 6.04 Å². The van der Waals surface area contributed by atoms with Crippen molar-refractivity contribution in [2.24, 2.45) is 0 Å². The Labute approximate surface area is 111 Å². The van der Waals surface area contributed by atoms with Crippen molar-refractivity contribution in [3.63, 3.8) is 0 Å². The summed E-state index contributed by atoms with van der Waals surface area (Å²) in [6.45, 7) is 4.03. The fourth-order valence-electron chi connectivity index (χ4n) is 2.84. The minimum absolute atomic E-state index is 0.408. The molecule has 1 aliphatic rings. The molecule has 0 heterocycles. The molecule has 0 aliphatic heterocycles. The van der Waals surface area contributed by atoms with Crippen LogP contribution in [0.4, 0.5) is 0 Å². The summed E-state index contributed by atoms with van der Waals surface area (Å²) < 4.78 is 0. The van der Waals surface area contributed by atoms with E-state index in [0.717, 1.165) is 32.1 Å². The molecule has 106 valence electrons. The van der Waals surface area contributed by atoms with Crippen LogP contribution in [0.25, 0.3) is 0 Å². The lowest BCUT2D eigenvalue weighted by Crippen LogP contribution is -2.54. The second kappa shape index (κ2) is 7.78. The molecule has 1 unspecified atom stereocenters. The molecule has 1 saturated carbocycles. The Bertz CT molecular complexity index is 249. The van der Waals surface area contributed by atoms with Gasteiger partial charge in [0.25, 0.3) is 0 Å². The van der Waals surface area contributed by atoms with Crippen molar-refractivity contribution >= 4 is 5.97 Å². The van der Waals surface area contributed by atoms with Gasteiger partial charge in [0, 0.05) is 6.04 Å². The lowest BCUT2D eigenvalue weighted by atomic mass is 9.89. The average molecular weight is 255 g/mol. The molecule has 18 heavy (non-hydrogen) atoms. The van der Waals surface area contributed by atoms with E-state index in [4.69, 9.17) is 0 Å². The van der Waals surface area contributed by atoms with Gasteiger partial charge in [0.1, 0.15) is 5.54 Å². The molecular formula is C15H29NO2. The zero-order valence-electron chi connectivity index (χ0n) is 12.0. The van der Waals surface area contributed by atoms with Crippen LogP contribution in [0.15, 0.2) is 0 Å². The maximum absolute atomic E-state index is 11.5. The second-order valence-corrected chi connectivity index (χ2v) is 5.93. The summed E-state index contributed by atoms with van der Waals surface area (Å²) in [6.07, 6.45) is 11.4. The average Bonchev–Trinajstić information content (AvgIpc) is 2.36. The van der Waals surface area contributed by atoms with Gasteiger partial charge in [-0.3, -0.25) is 10.1 Å². The largest absolute Gasteiger partial charge is 0.480 e. The van der Waals surface area contributed by atoms with Gasteiger partial charge in [0.2, 0.25) is 0 Å². The van der Waals surface area contributed by atoms with Crippen LogP contribution in [0.2, 0.25) is 0 Å². The first kappa shape index (κ1) is 15.5. The smallest absolute Gasteiger partial charge is 0.323 e. The van der Waals surface area contributed by atoms with E-state index in [1.54, 1.807) is 0 Å². The van der Waals surface area contributed by atoms with Crippen LogP contribution < -0.4 is 5.32 Å². The van der Waals surface area contributed by atoms with Gasteiger partial charge in [-0.15, -0.1) is 0 Å². The molecule has 0 saturated heterocycles. The van der Waals surface area contributed by atoms with Gasteiger partial charge in [-0.1, -0.05) is 51.9 Å². The van der Waals surface area contributed by atoms with E-state index in [9.17, 15) is 9.90 Å². The van der Waals surface area contributed by atoms with Gasteiger partial charge in [-0.25, -0.2) is 0 Å². The van der Waals surface area contributed by atoms with E-state index in [-0.39, 0.29) is 0 Å². The standard InChI is InChI=1S/C15H29NO2/c1-3-4-5-9-12-15(2,14(17)18)16-13-10-7-6-8-11-13/h13,16H,3-12H2,1-2H3,(H,17,18). The maximum atomic E-state index is 11.5. The normalized spacial score (nSPS) is 20.6. The highest BCUT2D eigenvalue weighted by Crippen LogP contribution is 2.23. The van der Waals surface area contributed by atoms with Crippen molar-refractivity contribution in [3.05, 3.63) is 0 Å². The summed E-state index contributed by atoms with van der Waals surface area (Å²) in [5, 5.41) is 12.9. The van der Waals surface area contributed by atoms with Gasteiger partial charge < -0.3 is 5.11 Å². The topological polar surface area (TPSA) is 49.3 Å². The highest BCUT2D eigenvalue weighted by Gasteiger charge is 2.34. The summed E-state index contributed by atoms with van der Waals surface area (Å²) in [6, 6.07) is 0.408. The van der Waals surface area contributed by atoms with Gasteiger partial charge >= 0.3 is 5.97 Å². The van der Waals surface area contributed by atoms with Crippen LogP contribution >= 0.6 is 0 Å². The summed E-state index contributed by atoms with van der Waals surface area (Å²) in [7, 11) is 0. The zero-order chi connectivity index (χ0) is 13.4. The van der Waals surface area contributed by atoms with Crippen LogP contribution in [0, 0.1) is 0 Å². The fraction of sp³-hybridized carbons (Fsp3) is 0.933. The Balaban J connectivity index is 2.42. The predicted molar refractivity (Wildman–Crippen MR) is 74.8 cm³/mol. The van der Waals surface area contributed by atoms with Crippen LogP contribution in [-0.4, -0.2) is 22.7 Å². The van der Waals surface area contributed by atoms with E-state index < -0.39 is 11.5 Å². The SMILES string of the molecule is CCCCCCC(C)(NC1CCCCC1)C(=O)O. The Morgan fingerprint density at radius 3 is 2.44 bits per heavy atom. The van der Waals surface area contributed by atoms with Crippen molar-refractivity contribution < 1.29 is 9.90 Å². The number of hydrogen-bond donors (Lipinski definition) is 2. The summed E-state index contributed by atoms with van der Waals surface area (Å²) in [5.41, 5.74) is -0.726. The first-order valence-electron chi connectivity index (χ1n) is 7.59. The maximum Gasteiger partial charge on any atom is 0.323 e. The molecule has 0 amide bonds. The van der Waals surface area contributed by atoms with Gasteiger partial charge in [-0.2, -0.15) is 0 Å². The van der Waals surface area contributed by atoms with E-state index >= 15 is 0 Å². The predicted octanol–water partition coefficient (Wildman–Crippen LogP) is 3.72. The van der Waals surface area contributed by atoms with Crippen molar-refractivity contribution in [2.45, 2.75) is 89.6 Å². The Morgan fingerprint density at radius 1 is 1.22 bits per heavy atom. The Morgan fingerprint density at radius 2 is 1.89 bits per heavy atom. The van der Waals surface area contributed by atoms with Crippen LogP contribution in [-0.2, 0) is 4.79 Å². The number of carboxylic acids is 1. The molecule has 3 heteroatoms. The number of unbranched alkanes of at least 4 members (excludes halogenated alkanes) is 3. The first-order chi connectivity index (χ1) is 8.58. The molecule has 2 N–H and O–H groups in total. The summed E-state index contributed by atoms with van der Waals surface area (Å²) in [5.74, 6) is -0.690. The summed E-state index contributed by atoms with van der Waals surface area (Å²) in [4.78, 5) is 11.5. The van der Waals surface area contributed by atoms with Crippen molar-refractivity contribution in [1.29, 1.82) is 0 Å². The van der Waals surface area contributed by atoms with Crippen molar-refractivity contribution in [3.8, 4) is 0 Å². The Kier molecular flexibility index (Phi) is 6.69. The van der Waals surface area contributed by atoms with Crippen LogP contribution in [0.5, 0.6) is 0 Å². The highest BCUT2D eigenvalue weighted by atomic mass is 16.4. The van der Waals surface area contributed by atoms with Gasteiger partial charge in [-0.05, 0) is 26.2 Å². The molecule has 0 aromatic heterocycles. The number of rotatable bonds is 8. The lowest BCUT2D eigenvalue weighted by molar-refractivity contribution is -0.145. The second-order valence-electron chi connectivity index (χ2n) is 5.93. The molecule has 0 radical (unpaired) electrons. The van der Waals surface area contributed by atoms with E-state index in [1.807, 2.05) is 6.92 Å². The summed E-state index contributed by atoms with van der Waals surface area (Å²) >= 11 is 0. The molecule has 1 aliphatic carbocycles. The van der Waals surface area contributed by atoms with Crippen molar-refractivity contribution in [1.82, 2.24) is 5.32 Å². The molecule has 1 atom stereocenters. The first-order valence-corrected chi connectivity index (χ1v) is 7.59. The molecule has 0 aromatic carbocycles. The Hall–Kier alpha value is -0.570. The molecule has 1 fully saturated rings. The van der Waals surface area contributed by atoms with Gasteiger partial charge in [0.05, 0.1) is 0 Å². The third kappa shape index (κ3) is 4.97. The molecule has 3 nitrogen and oxygen atoms in total. The number of carboxylic acid groups (broad SMARTS) is 1. The minimum Gasteiger partial charge on any atom is -0.480 e. The number of nitrogens with one attached hydrogen (secondary N) is 1. The van der Waals surface area contributed by atoms with Crippen LogP contribution in [0.3, 0.4) is 0 Å². The quantitative estimate of drug-likeness (QED) is 0.650. The van der Waals surface area contributed by atoms with Crippen LogP contribution in [0.1, 0.15) is 78.1 Å². The fourth-order valence-corrected chi connectivity index (χ4v) is 2.84. The zero-order valence-corrected chi connectivity index (χ0v) is 12.0. The number of carbonyl (C=O) groups is 1. The van der Waals surface area contributed by atoms with Gasteiger partial charge in [0.15, 0.2) is 0 Å². The van der Waals surface area contributed by atoms with E-state index in [1.165, 1.54) is 32.1 Å². The molecular weight excluding hydrogens is 226 g/mol. The molecule has 1 rings (SSSR count). The van der Waals surface area contributed by atoms with Crippen molar-refractivity contribution in [2.75, 3.05) is 0 Å². The number of hydrogen-bond acceptors (Lipinski definition) is 2. The number of aliphatic carboxylic acids is 1. The van der Waals surface area contributed by atoms with E-state index in [2.05, 4.69) is 12.2 Å². The lowest BCUT2D eigenvalue weighted by Gasteiger charge is -2.33. The highest BCUT2D eigenvalue weighted by molar-refractivity contribution is 5.78.